The fourth-order valence-electron chi connectivity index (χ4n) is 0.828. The Hall–Kier alpha value is 0.536. The molecule has 0 N–H and O–H groups in total. The van der Waals surface area contributed by atoms with Crippen LogP contribution in [0.1, 0.15) is 33.1 Å². The monoisotopic (exact) mass is 228 g/mol. The third kappa shape index (κ3) is 9.11. The average Bonchev–Trinajstić information content (AvgIpc) is 2.16. The maximum atomic E-state index is 5.54. The van der Waals surface area contributed by atoms with Crippen LogP contribution in [0.4, 0.5) is 0 Å². The van der Waals surface area contributed by atoms with Crippen molar-refractivity contribution in [3.8, 4) is 9.97 Å². The molecule has 2 nitrogen and oxygen atoms in total. The summed E-state index contributed by atoms with van der Waals surface area (Å²) in [7, 11) is 7.19. The first kappa shape index (κ1) is 14.5. The lowest BCUT2D eigenvalue weighted by molar-refractivity contribution is -0.197. The molecule has 0 saturated carbocycles. The van der Waals surface area contributed by atoms with E-state index >= 15 is 0 Å². The predicted molar refractivity (Wildman–Crippen MR) is 60.3 cm³/mol. The third-order valence-corrected chi connectivity index (χ3v) is 2.61. The van der Waals surface area contributed by atoms with E-state index < -0.39 is 25.1 Å². The molecule has 4 heteroatoms. The average molecular weight is 229 g/mol. The first-order chi connectivity index (χ1) is 6.62. The van der Waals surface area contributed by atoms with Gasteiger partial charge < -0.3 is 18.5 Å². The van der Waals surface area contributed by atoms with Gasteiger partial charge in [0.05, 0.1) is 6.61 Å². The van der Waals surface area contributed by atoms with Crippen molar-refractivity contribution in [2.45, 2.75) is 38.9 Å². The van der Waals surface area contributed by atoms with E-state index in [4.69, 9.17) is 18.5 Å². The van der Waals surface area contributed by atoms with Crippen molar-refractivity contribution < 1.29 is 9.47 Å². The summed E-state index contributed by atoms with van der Waals surface area (Å²) in [4.78, 5) is 0. The molecule has 0 aromatic rings. The van der Waals surface area contributed by atoms with Crippen LogP contribution in [0, 0.1) is 9.97 Å². The summed E-state index contributed by atoms with van der Waals surface area (Å²) < 4.78 is 13.6. The van der Waals surface area contributed by atoms with Crippen LogP contribution >= 0.6 is 9.07 Å². The van der Waals surface area contributed by atoms with Gasteiger partial charge in [-0.25, -0.2) is 4.05 Å². The van der Waals surface area contributed by atoms with Gasteiger partial charge in [0.15, 0.2) is 5.79 Å². The Morgan fingerprint density at radius 3 is 2.64 bits per heavy atom. The number of ether oxygens (including phenoxy) is 2. The Balaban J connectivity index is 3.30. The third-order valence-electron chi connectivity index (χ3n) is 1.83. The summed E-state index contributed by atoms with van der Waals surface area (Å²) >= 11 is -0.592. The molecule has 0 amide bonds. The highest BCUT2D eigenvalue weighted by atomic mass is 35.5. The molecular formula is C10H17ClMgO2. The fourth-order valence-corrected chi connectivity index (χ4v) is 1.38. The van der Waals surface area contributed by atoms with Gasteiger partial charge in [0, 0.05) is 13.5 Å². The van der Waals surface area contributed by atoms with Crippen molar-refractivity contribution >= 4 is 28.3 Å². The molecule has 0 aromatic heterocycles. The maximum absolute atomic E-state index is 5.54. The molecule has 0 atom stereocenters. The predicted octanol–water partition coefficient (Wildman–Crippen LogP) is 2.37. The van der Waals surface area contributed by atoms with Crippen LogP contribution in [0.3, 0.4) is 0 Å². The molecule has 0 fully saturated rings. The molecule has 14 heavy (non-hydrogen) atoms. The Bertz CT molecular complexity index is 196. The van der Waals surface area contributed by atoms with Gasteiger partial charge in [-0.2, -0.15) is 0 Å². The molecule has 0 aliphatic heterocycles. The Labute approximate surface area is 100 Å². The summed E-state index contributed by atoms with van der Waals surface area (Å²) in [6, 6.07) is 0. The molecule has 0 aliphatic carbocycles. The zero-order chi connectivity index (χ0) is 10.9. The SMILES string of the molecule is COC(C)(C)OCCCCC#[C][Mg][Cl]. The fraction of sp³-hybridized carbons (Fsp3) is 0.800. The van der Waals surface area contributed by atoms with E-state index in [9.17, 15) is 0 Å². The molecule has 78 valence electrons. The Morgan fingerprint density at radius 2 is 2.07 bits per heavy atom. The number of hydrogen-bond acceptors (Lipinski definition) is 2. The van der Waals surface area contributed by atoms with Gasteiger partial charge >= 0.3 is 19.3 Å². The summed E-state index contributed by atoms with van der Waals surface area (Å²) in [6.07, 6.45) is 3.01. The van der Waals surface area contributed by atoms with Gasteiger partial charge in [0.2, 0.25) is 0 Å². The summed E-state index contributed by atoms with van der Waals surface area (Å²) in [5.41, 5.74) is 0. The minimum atomic E-state index is -0.592. The van der Waals surface area contributed by atoms with Crippen molar-refractivity contribution in [1.29, 1.82) is 0 Å². The van der Waals surface area contributed by atoms with Crippen LogP contribution in [0.2, 0.25) is 0 Å². The lowest BCUT2D eigenvalue weighted by Crippen LogP contribution is -2.26. The van der Waals surface area contributed by atoms with E-state index in [1.807, 2.05) is 13.8 Å². The van der Waals surface area contributed by atoms with Crippen LogP contribution in [0.15, 0.2) is 0 Å². The number of rotatable bonds is 6. The molecule has 0 saturated heterocycles. The van der Waals surface area contributed by atoms with Crippen molar-refractivity contribution in [3.63, 3.8) is 0 Å². The minimum Gasteiger partial charge on any atom is -0.354 e. The molecule has 0 radical (unpaired) electrons. The van der Waals surface area contributed by atoms with Crippen LogP contribution in [-0.2, 0) is 9.47 Å². The number of hydrogen-bond donors (Lipinski definition) is 0. The highest BCUT2D eigenvalue weighted by molar-refractivity contribution is 6.98. The van der Waals surface area contributed by atoms with E-state index in [2.05, 4.69) is 9.97 Å². The van der Waals surface area contributed by atoms with Gasteiger partial charge in [-0.05, 0) is 26.7 Å². The van der Waals surface area contributed by atoms with E-state index in [1.165, 1.54) is 0 Å². The zero-order valence-electron chi connectivity index (χ0n) is 9.23. The van der Waals surface area contributed by atoms with Gasteiger partial charge in [-0.15, -0.1) is 5.92 Å². The van der Waals surface area contributed by atoms with Gasteiger partial charge in [-0.3, -0.25) is 0 Å². The Kier molecular flexibility index (Phi) is 9.15. The molecule has 0 rings (SSSR count). The minimum absolute atomic E-state index is 0.464. The van der Waals surface area contributed by atoms with Crippen molar-refractivity contribution in [1.82, 2.24) is 0 Å². The molecular weight excluding hydrogens is 212 g/mol. The molecule has 0 heterocycles. The van der Waals surface area contributed by atoms with Crippen LogP contribution in [-0.4, -0.2) is 38.8 Å². The van der Waals surface area contributed by atoms with Gasteiger partial charge in [0.25, 0.3) is 0 Å². The van der Waals surface area contributed by atoms with Crippen LogP contribution in [0.5, 0.6) is 0 Å². The molecule has 0 unspecified atom stereocenters. The lowest BCUT2D eigenvalue weighted by atomic mass is 10.2. The molecule has 0 aromatic carbocycles. The lowest BCUT2D eigenvalue weighted by Gasteiger charge is -2.23. The molecule has 0 aliphatic rings. The standard InChI is InChI=1S/C10H17O2.ClH.Mg/c1-5-6-7-8-9-12-10(2,3)11-4;;/h6-9H2,2-4H3;1H;/q;;+1/p-1. The normalized spacial score (nSPS) is 10.3. The molecule has 0 spiro atoms. The van der Waals surface area contributed by atoms with Gasteiger partial charge in [0.1, 0.15) is 0 Å². The number of methoxy groups -OCH3 is 1. The first-order valence-corrected chi connectivity index (χ1v) is 7.67. The topological polar surface area (TPSA) is 18.5 Å². The van der Waals surface area contributed by atoms with Gasteiger partial charge in [-0.1, -0.05) is 0 Å². The zero-order valence-corrected chi connectivity index (χ0v) is 11.4. The second-order valence-corrected chi connectivity index (χ2v) is 4.82. The van der Waals surface area contributed by atoms with Crippen molar-refractivity contribution in [3.05, 3.63) is 0 Å². The largest absolute Gasteiger partial charge is 0.598 e. The first-order valence-electron chi connectivity index (χ1n) is 4.83. The maximum Gasteiger partial charge on any atom is 0.598 e. The van der Waals surface area contributed by atoms with Crippen LogP contribution < -0.4 is 0 Å². The summed E-state index contributed by atoms with van der Waals surface area (Å²) in [5, 5.41) is 0. The van der Waals surface area contributed by atoms with E-state index in [0.29, 0.717) is 0 Å². The smallest absolute Gasteiger partial charge is 0.354 e. The second kappa shape index (κ2) is 8.81. The van der Waals surface area contributed by atoms with E-state index in [0.717, 1.165) is 25.9 Å². The number of halogens is 1. The van der Waals surface area contributed by atoms with Crippen LogP contribution in [0.25, 0.3) is 0 Å². The van der Waals surface area contributed by atoms with E-state index in [1.54, 1.807) is 7.11 Å². The molecule has 0 bridgehead atoms. The van der Waals surface area contributed by atoms with Crippen molar-refractivity contribution in [2.75, 3.05) is 13.7 Å². The van der Waals surface area contributed by atoms with Crippen molar-refractivity contribution in [2.24, 2.45) is 0 Å². The summed E-state index contributed by atoms with van der Waals surface area (Å²) in [5.74, 6) is 2.58. The summed E-state index contributed by atoms with van der Waals surface area (Å²) in [6.45, 7) is 4.54. The quantitative estimate of drug-likeness (QED) is 0.301. The highest BCUT2D eigenvalue weighted by Crippen LogP contribution is 2.10. The number of unbranched alkanes of at least 4 members (excludes halogenated alkanes) is 2. The second-order valence-electron chi connectivity index (χ2n) is 3.40. The highest BCUT2D eigenvalue weighted by Gasteiger charge is 2.15. The Morgan fingerprint density at radius 1 is 1.36 bits per heavy atom. The van der Waals surface area contributed by atoms with E-state index in [-0.39, 0.29) is 0 Å².